The molecule has 1 unspecified atom stereocenters. The molecule has 1 fully saturated rings. The lowest BCUT2D eigenvalue weighted by Crippen LogP contribution is -2.38. The standard InChI is InChI=1S/C20H33N3O3.HI/c1-3-21-20(22-11-6-13-25-18-10-15-24-16-18)23-12-7-14-26-19-9-5-4-8-17(19)2;/h4-5,8-9,18H,3,6-7,10-16H2,1-2H3,(H2,21,22,23);1H. The van der Waals surface area contributed by atoms with E-state index in [0.29, 0.717) is 6.61 Å². The lowest BCUT2D eigenvalue weighted by Gasteiger charge is -2.13. The smallest absolute Gasteiger partial charge is 0.191 e. The molecule has 1 atom stereocenters. The van der Waals surface area contributed by atoms with E-state index in [0.717, 1.165) is 76.0 Å². The number of nitrogens with zero attached hydrogens (tertiary/aromatic N) is 1. The summed E-state index contributed by atoms with van der Waals surface area (Å²) >= 11 is 0. The van der Waals surface area contributed by atoms with Crippen molar-refractivity contribution in [2.24, 2.45) is 4.99 Å². The molecule has 1 aromatic carbocycles. The highest BCUT2D eigenvalue weighted by atomic mass is 127. The zero-order valence-corrected chi connectivity index (χ0v) is 18.9. The number of aliphatic imine (C=N–C) groups is 1. The molecule has 1 heterocycles. The van der Waals surface area contributed by atoms with E-state index in [1.54, 1.807) is 0 Å². The zero-order chi connectivity index (χ0) is 18.5. The number of ether oxygens (including phenoxy) is 3. The van der Waals surface area contributed by atoms with Gasteiger partial charge >= 0.3 is 0 Å². The number of para-hydroxylation sites is 1. The zero-order valence-electron chi connectivity index (χ0n) is 16.5. The van der Waals surface area contributed by atoms with Gasteiger partial charge in [0.05, 0.1) is 19.3 Å². The van der Waals surface area contributed by atoms with Crippen LogP contribution in [-0.4, -0.2) is 58.1 Å². The maximum absolute atomic E-state index is 5.80. The number of nitrogens with one attached hydrogen (secondary N) is 2. The Morgan fingerprint density at radius 1 is 1.22 bits per heavy atom. The van der Waals surface area contributed by atoms with Gasteiger partial charge in [-0.1, -0.05) is 18.2 Å². The Hall–Kier alpha value is -1.06. The quantitative estimate of drug-likeness (QED) is 0.216. The summed E-state index contributed by atoms with van der Waals surface area (Å²) in [5.74, 6) is 1.81. The van der Waals surface area contributed by atoms with Gasteiger partial charge in [-0.3, -0.25) is 4.99 Å². The van der Waals surface area contributed by atoms with Crippen LogP contribution in [0.25, 0.3) is 0 Å². The molecule has 0 saturated carbocycles. The first kappa shape index (κ1) is 24.0. The van der Waals surface area contributed by atoms with Crippen molar-refractivity contribution in [3.05, 3.63) is 29.8 Å². The first-order valence-electron chi connectivity index (χ1n) is 9.69. The number of hydrogen-bond donors (Lipinski definition) is 2. The van der Waals surface area contributed by atoms with E-state index in [-0.39, 0.29) is 30.1 Å². The van der Waals surface area contributed by atoms with Crippen LogP contribution >= 0.6 is 24.0 Å². The van der Waals surface area contributed by atoms with E-state index >= 15 is 0 Å². The lowest BCUT2D eigenvalue weighted by molar-refractivity contribution is 0.0420. The van der Waals surface area contributed by atoms with Crippen molar-refractivity contribution in [3.63, 3.8) is 0 Å². The molecule has 0 aliphatic carbocycles. The van der Waals surface area contributed by atoms with Crippen LogP contribution in [0.15, 0.2) is 29.3 Å². The predicted octanol–water partition coefficient (Wildman–Crippen LogP) is 3.13. The SMILES string of the molecule is CCNC(=NCCCOc1ccccc1C)NCCCOC1CCOC1.I. The summed E-state index contributed by atoms with van der Waals surface area (Å²) in [5, 5.41) is 6.62. The second-order valence-corrected chi connectivity index (χ2v) is 6.36. The van der Waals surface area contributed by atoms with E-state index in [4.69, 9.17) is 14.2 Å². The van der Waals surface area contributed by atoms with E-state index in [1.807, 2.05) is 18.2 Å². The summed E-state index contributed by atoms with van der Waals surface area (Å²) in [6, 6.07) is 8.08. The van der Waals surface area contributed by atoms with Gasteiger partial charge in [-0.25, -0.2) is 0 Å². The van der Waals surface area contributed by atoms with E-state index in [2.05, 4.69) is 35.5 Å². The van der Waals surface area contributed by atoms with Crippen molar-refractivity contribution in [3.8, 4) is 5.75 Å². The van der Waals surface area contributed by atoms with Crippen LogP contribution in [0.2, 0.25) is 0 Å². The number of aryl methyl sites for hydroxylation is 1. The van der Waals surface area contributed by atoms with Crippen LogP contribution in [0.4, 0.5) is 0 Å². The molecule has 7 heteroatoms. The van der Waals surface area contributed by atoms with Gasteiger partial charge in [0.25, 0.3) is 0 Å². The molecular weight excluding hydrogens is 457 g/mol. The van der Waals surface area contributed by atoms with Gasteiger partial charge in [-0.15, -0.1) is 24.0 Å². The third-order valence-electron chi connectivity index (χ3n) is 4.12. The Morgan fingerprint density at radius 2 is 2.07 bits per heavy atom. The third-order valence-corrected chi connectivity index (χ3v) is 4.12. The molecule has 1 aliphatic heterocycles. The molecule has 0 radical (unpaired) electrons. The number of halogens is 1. The van der Waals surface area contributed by atoms with Crippen LogP contribution in [0.3, 0.4) is 0 Å². The van der Waals surface area contributed by atoms with Gasteiger partial charge in [0.2, 0.25) is 0 Å². The second-order valence-electron chi connectivity index (χ2n) is 6.36. The maximum Gasteiger partial charge on any atom is 0.191 e. The van der Waals surface area contributed by atoms with Gasteiger partial charge in [0.1, 0.15) is 5.75 Å². The molecule has 1 saturated heterocycles. The van der Waals surface area contributed by atoms with Crippen molar-refractivity contribution in [2.75, 3.05) is 46.1 Å². The monoisotopic (exact) mass is 491 g/mol. The summed E-state index contributed by atoms with van der Waals surface area (Å²) in [7, 11) is 0. The minimum atomic E-state index is 0. The van der Waals surface area contributed by atoms with Crippen LogP contribution in [0, 0.1) is 6.92 Å². The predicted molar refractivity (Wildman–Crippen MR) is 120 cm³/mol. The van der Waals surface area contributed by atoms with E-state index in [1.165, 1.54) is 0 Å². The normalized spacial score (nSPS) is 16.7. The van der Waals surface area contributed by atoms with Gasteiger partial charge in [0.15, 0.2) is 5.96 Å². The molecule has 6 nitrogen and oxygen atoms in total. The Balaban J connectivity index is 0.00000364. The minimum Gasteiger partial charge on any atom is -0.493 e. The Kier molecular flexibility index (Phi) is 13.3. The molecule has 154 valence electrons. The van der Waals surface area contributed by atoms with Gasteiger partial charge < -0.3 is 24.8 Å². The highest BCUT2D eigenvalue weighted by molar-refractivity contribution is 14.0. The second kappa shape index (κ2) is 14.9. The fourth-order valence-corrected chi connectivity index (χ4v) is 2.67. The van der Waals surface area contributed by atoms with Crippen molar-refractivity contribution in [1.29, 1.82) is 0 Å². The number of benzene rings is 1. The average Bonchev–Trinajstić information content (AvgIpc) is 3.16. The topological polar surface area (TPSA) is 64.1 Å². The first-order chi connectivity index (χ1) is 12.8. The van der Waals surface area contributed by atoms with E-state index < -0.39 is 0 Å². The van der Waals surface area contributed by atoms with Gasteiger partial charge in [-0.2, -0.15) is 0 Å². The molecule has 0 amide bonds. The van der Waals surface area contributed by atoms with Gasteiger partial charge in [-0.05, 0) is 38.3 Å². The number of rotatable bonds is 11. The highest BCUT2D eigenvalue weighted by Crippen LogP contribution is 2.16. The molecule has 1 aromatic rings. The molecule has 27 heavy (non-hydrogen) atoms. The summed E-state index contributed by atoms with van der Waals surface area (Å²) in [5.41, 5.74) is 1.16. The highest BCUT2D eigenvalue weighted by Gasteiger charge is 2.15. The van der Waals surface area contributed by atoms with E-state index in [9.17, 15) is 0 Å². The molecule has 2 N–H and O–H groups in total. The van der Waals surface area contributed by atoms with Crippen molar-refractivity contribution < 1.29 is 14.2 Å². The number of guanidine groups is 1. The summed E-state index contributed by atoms with van der Waals surface area (Å²) in [6.45, 7) is 9.55. The van der Waals surface area contributed by atoms with Crippen LogP contribution in [0.5, 0.6) is 5.75 Å². The molecule has 0 aromatic heterocycles. The summed E-state index contributed by atoms with van der Waals surface area (Å²) < 4.78 is 16.9. The summed E-state index contributed by atoms with van der Waals surface area (Å²) in [6.07, 6.45) is 3.14. The fourth-order valence-electron chi connectivity index (χ4n) is 2.67. The molecular formula is C20H34IN3O3. The maximum atomic E-state index is 5.80. The largest absolute Gasteiger partial charge is 0.493 e. The Morgan fingerprint density at radius 3 is 2.81 bits per heavy atom. The lowest BCUT2D eigenvalue weighted by atomic mass is 10.2. The van der Waals surface area contributed by atoms with Crippen molar-refractivity contribution in [1.82, 2.24) is 10.6 Å². The third kappa shape index (κ3) is 10.2. The Bertz CT molecular complexity index is 537. The molecule has 1 aliphatic rings. The molecule has 0 bridgehead atoms. The van der Waals surface area contributed by atoms with Gasteiger partial charge in [0, 0.05) is 39.3 Å². The van der Waals surface area contributed by atoms with Crippen molar-refractivity contribution >= 4 is 29.9 Å². The first-order valence-corrected chi connectivity index (χ1v) is 9.69. The number of hydrogen-bond acceptors (Lipinski definition) is 4. The summed E-state index contributed by atoms with van der Waals surface area (Å²) in [4.78, 5) is 4.60. The average molecular weight is 491 g/mol. The van der Waals surface area contributed by atoms with Crippen LogP contribution in [-0.2, 0) is 9.47 Å². The molecule has 0 spiro atoms. The molecule has 2 rings (SSSR count). The minimum absolute atomic E-state index is 0. The van der Waals surface area contributed by atoms with Crippen molar-refractivity contribution in [2.45, 2.75) is 39.2 Å². The fraction of sp³-hybridized carbons (Fsp3) is 0.650. The Labute approximate surface area is 180 Å². The van der Waals surface area contributed by atoms with Crippen LogP contribution in [0.1, 0.15) is 31.7 Å². The van der Waals surface area contributed by atoms with Crippen LogP contribution < -0.4 is 15.4 Å².